The molecule has 35 heavy (non-hydrogen) atoms. The van der Waals surface area contributed by atoms with Crippen molar-refractivity contribution in [1.29, 1.82) is 0 Å². The van der Waals surface area contributed by atoms with Gasteiger partial charge in [-0.2, -0.15) is 0 Å². The number of alkyl halides is 2. The minimum absolute atomic E-state index is 0.194. The van der Waals surface area contributed by atoms with Crippen LogP contribution in [-0.2, 0) is 0 Å². The van der Waals surface area contributed by atoms with Gasteiger partial charge in [0, 0.05) is 44.2 Å². The first-order chi connectivity index (χ1) is 16.8. The van der Waals surface area contributed by atoms with Crippen molar-refractivity contribution in [2.45, 2.75) is 31.2 Å². The summed E-state index contributed by atoms with van der Waals surface area (Å²) in [5.74, 6) is -1.87. The van der Waals surface area contributed by atoms with Crippen molar-refractivity contribution in [2.24, 2.45) is 5.92 Å². The van der Waals surface area contributed by atoms with Gasteiger partial charge in [-0.3, -0.25) is 4.90 Å². The summed E-state index contributed by atoms with van der Waals surface area (Å²) in [7, 11) is 0. The van der Waals surface area contributed by atoms with Gasteiger partial charge < -0.3 is 10.6 Å². The van der Waals surface area contributed by atoms with Gasteiger partial charge in [-0.15, -0.1) is 0 Å². The van der Waals surface area contributed by atoms with Crippen LogP contribution in [0.15, 0.2) is 54.6 Å². The third-order valence-electron chi connectivity index (χ3n) is 6.95. The van der Waals surface area contributed by atoms with Gasteiger partial charge in [0.15, 0.2) is 5.82 Å². The minimum atomic E-state index is -2.84. The third kappa shape index (κ3) is 5.10. The van der Waals surface area contributed by atoms with E-state index in [1.54, 1.807) is 18.2 Å². The second-order valence-electron chi connectivity index (χ2n) is 9.37. The van der Waals surface area contributed by atoms with Gasteiger partial charge in [0.25, 0.3) is 5.92 Å². The highest BCUT2D eigenvalue weighted by Gasteiger charge is 2.49. The molecule has 5 nitrogen and oxygen atoms in total. The number of benzene rings is 2. The molecule has 3 heterocycles. The summed E-state index contributed by atoms with van der Waals surface area (Å²) >= 11 is 0. The molecule has 0 saturated carbocycles. The molecule has 1 unspecified atom stereocenters. The van der Waals surface area contributed by atoms with Crippen molar-refractivity contribution >= 4 is 11.6 Å². The van der Waals surface area contributed by atoms with Crippen LogP contribution in [0, 0.1) is 17.6 Å². The van der Waals surface area contributed by atoms with E-state index in [-0.39, 0.29) is 18.2 Å². The number of nitrogen functional groups attached to an aromatic ring is 1. The van der Waals surface area contributed by atoms with Crippen molar-refractivity contribution in [3.8, 4) is 11.4 Å². The van der Waals surface area contributed by atoms with Crippen LogP contribution in [0.5, 0.6) is 0 Å². The Bertz CT molecular complexity index is 1160. The highest BCUT2D eigenvalue weighted by Crippen LogP contribution is 2.45. The first-order valence-corrected chi connectivity index (χ1v) is 11.8. The quantitative estimate of drug-likeness (QED) is 0.497. The van der Waals surface area contributed by atoms with Crippen LogP contribution in [0.4, 0.5) is 29.2 Å². The lowest BCUT2D eigenvalue weighted by Gasteiger charge is -2.36. The van der Waals surface area contributed by atoms with Crippen molar-refractivity contribution in [3.05, 3.63) is 71.8 Å². The molecule has 9 heteroatoms. The molecule has 0 aliphatic carbocycles. The molecule has 184 valence electrons. The first kappa shape index (κ1) is 23.5. The Hall–Kier alpha value is -3.20. The normalized spacial score (nSPS) is 20.9. The van der Waals surface area contributed by atoms with E-state index in [9.17, 15) is 17.6 Å². The smallest absolute Gasteiger partial charge is 0.268 e. The molecule has 2 fully saturated rings. The number of hydrogen-bond donors (Lipinski definition) is 1. The maximum Gasteiger partial charge on any atom is 0.268 e. The topological polar surface area (TPSA) is 58.3 Å². The van der Waals surface area contributed by atoms with E-state index in [1.807, 2.05) is 4.90 Å². The maximum absolute atomic E-state index is 14.7. The number of halogens is 4. The monoisotopic (exact) mass is 485 g/mol. The Labute approximate surface area is 201 Å². The average molecular weight is 486 g/mol. The van der Waals surface area contributed by atoms with Gasteiger partial charge in [-0.1, -0.05) is 12.1 Å². The van der Waals surface area contributed by atoms with Crippen molar-refractivity contribution in [1.82, 2.24) is 14.9 Å². The number of piperidine rings is 1. The Morgan fingerprint density at radius 3 is 2.17 bits per heavy atom. The number of rotatable bonds is 5. The van der Waals surface area contributed by atoms with E-state index >= 15 is 0 Å². The van der Waals surface area contributed by atoms with E-state index in [1.165, 1.54) is 36.4 Å². The Kier molecular flexibility index (Phi) is 6.35. The molecule has 0 spiro atoms. The number of aromatic nitrogens is 2. The number of hydrogen-bond acceptors (Lipinski definition) is 5. The zero-order chi connectivity index (χ0) is 24.6. The lowest BCUT2D eigenvalue weighted by Crippen LogP contribution is -2.40. The zero-order valence-electron chi connectivity index (χ0n) is 19.2. The Morgan fingerprint density at radius 1 is 0.886 bits per heavy atom. The first-order valence-electron chi connectivity index (χ1n) is 11.8. The molecule has 2 N–H and O–H groups in total. The van der Waals surface area contributed by atoms with Crippen LogP contribution >= 0.6 is 0 Å². The van der Waals surface area contributed by atoms with Crippen LogP contribution in [0.1, 0.15) is 30.9 Å². The van der Waals surface area contributed by atoms with E-state index < -0.39 is 17.8 Å². The van der Waals surface area contributed by atoms with E-state index in [0.717, 1.165) is 25.9 Å². The molecule has 1 aromatic heterocycles. The lowest BCUT2D eigenvalue weighted by molar-refractivity contribution is -0.0369. The van der Waals surface area contributed by atoms with Crippen molar-refractivity contribution in [3.63, 3.8) is 0 Å². The fourth-order valence-corrected chi connectivity index (χ4v) is 5.14. The summed E-state index contributed by atoms with van der Waals surface area (Å²) in [5.41, 5.74) is 7.15. The van der Waals surface area contributed by atoms with Gasteiger partial charge >= 0.3 is 0 Å². The number of likely N-dealkylation sites (tertiary alicyclic amines) is 1. The summed E-state index contributed by atoms with van der Waals surface area (Å²) < 4.78 is 56.1. The molecule has 2 saturated heterocycles. The van der Waals surface area contributed by atoms with Gasteiger partial charge in [-0.05, 0) is 60.7 Å². The lowest BCUT2D eigenvalue weighted by atomic mass is 9.94. The van der Waals surface area contributed by atoms with Gasteiger partial charge in [-0.25, -0.2) is 27.5 Å². The predicted octanol–water partition coefficient (Wildman–Crippen LogP) is 5.30. The highest BCUT2D eigenvalue weighted by atomic mass is 19.3. The van der Waals surface area contributed by atoms with Crippen LogP contribution in [0.2, 0.25) is 0 Å². The number of nitrogens with two attached hydrogens (primary N) is 1. The van der Waals surface area contributed by atoms with E-state index in [0.29, 0.717) is 41.7 Å². The Morgan fingerprint density at radius 2 is 1.51 bits per heavy atom. The van der Waals surface area contributed by atoms with Crippen LogP contribution in [-0.4, -0.2) is 47.0 Å². The predicted molar refractivity (Wildman–Crippen MR) is 127 cm³/mol. The molecule has 3 aromatic rings. The molecule has 5 rings (SSSR count). The van der Waals surface area contributed by atoms with E-state index in [4.69, 9.17) is 5.73 Å². The highest BCUT2D eigenvalue weighted by molar-refractivity contribution is 5.61. The zero-order valence-corrected chi connectivity index (χ0v) is 19.2. The van der Waals surface area contributed by atoms with Crippen molar-refractivity contribution in [2.75, 3.05) is 36.8 Å². The fraction of sp³-hybridized carbons (Fsp3) is 0.385. The minimum Gasteiger partial charge on any atom is -0.384 e. The fourth-order valence-electron chi connectivity index (χ4n) is 5.14. The number of nitrogens with zero attached hydrogens (tertiary/aromatic N) is 4. The largest absolute Gasteiger partial charge is 0.384 e. The molecular weight excluding hydrogens is 458 g/mol. The van der Waals surface area contributed by atoms with Gasteiger partial charge in [0.2, 0.25) is 0 Å². The summed E-state index contributed by atoms with van der Waals surface area (Å²) in [4.78, 5) is 12.9. The third-order valence-corrected chi connectivity index (χ3v) is 6.95. The SMILES string of the molecule is Nc1cc(N2CCC(CN3CCC(F)(F)C3c3ccc(F)cc3)CC2)nc(-c2ccc(F)cc2)n1. The second-order valence-corrected chi connectivity index (χ2v) is 9.37. The molecule has 0 bridgehead atoms. The molecule has 2 aliphatic heterocycles. The second kappa shape index (κ2) is 9.45. The van der Waals surface area contributed by atoms with Crippen LogP contribution in [0.25, 0.3) is 11.4 Å². The molecular formula is C26H27F4N5. The van der Waals surface area contributed by atoms with Crippen LogP contribution in [0.3, 0.4) is 0 Å². The molecule has 0 radical (unpaired) electrons. The number of anilines is 2. The maximum atomic E-state index is 14.7. The molecule has 2 aliphatic rings. The summed E-state index contributed by atoms with van der Waals surface area (Å²) in [6.07, 6.45) is 1.46. The summed E-state index contributed by atoms with van der Waals surface area (Å²) in [6, 6.07) is 12.1. The van der Waals surface area contributed by atoms with Crippen molar-refractivity contribution < 1.29 is 17.6 Å². The molecule has 2 aromatic carbocycles. The van der Waals surface area contributed by atoms with Crippen LogP contribution < -0.4 is 10.6 Å². The summed E-state index contributed by atoms with van der Waals surface area (Å²) in [6.45, 7) is 2.32. The van der Waals surface area contributed by atoms with E-state index in [2.05, 4.69) is 14.9 Å². The van der Waals surface area contributed by atoms with Gasteiger partial charge in [0.05, 0.1) is 6.04 Å². The Balaban J connectivity index is 1.25. The average Bonchev–Trinajstić information content (AvgIpc) is 3.14. The molecule has 1 atom stereocenters. The molecule has 0 amide bonds. The standard InChI is InChI=1S/C26H27F4N5/c27-20-5-1-18(2-6-20)24-26(29,30)11-14-35(24)16-17-9-12-34(13-10-17)23-15-22(31)32-25(33-23)19-3-7-21(28)8-4-19/h1-8,15,17,24H,9-14,16H2,(H2,31,32,33). The van der Waals surface area contributed by atoms with Gasteiger partial charge in [0.1, 0.15) is 23.3 Å². The summed E-state index contributed by atoms with van der Waals surface area (Å²) in [5, 5.41) is 0.